The Bertz CT molecular complexity index is 1170. The van der Waals surface area contributed by atoms with Gasteiger partial charge in [0.2, 0.25) is 17.7 Å². The van der Waals surface area contributed by atoms with Gasteiger partial charge in [0.25, 0.3) is 0 Å². The predicted octanol–water partition coefficient (Wildman–Crippen LogP) is 0.851. The number of carboxylic acid groups (broad SMARTS) is 2. The Morgan fingerprint density at radius 2 is 1.59 bits per heavy atom. The average molecular weight is 564 g/mol. The van der Waals surface area contributed by atoms with Crippen LogP contribution in [-0.4, -0.2) is 81.0 Å². The number of aromatic amines is 1. The van der Waals surface area contributed by atoms with E-state index in [1.807, 2.05) is 30.5 Å². The first-order valence-corrected chi connectivity index (χ1v) is 14.0. The second-order valence-electron chi connectivity index (χ2n) is 9.57. The maximum atomic E-state index is 13.5. The molecule has 12 nitrogen and oxygen atoms in total. The fourth-order valence-corrected chi connectivity index (χ4v) is 4.45. The Labute approximate surface area is 230 Å². The number of nitrogens with one attached hydrogen (secondary N) is 4. The van der Waals surface area contributed by atoms with E-state index in [9.17, 15) is 29.1 Å². The molecule has 8 N–H and O–H groups in total. The van der Waals surface area contributed by atoms with E-state index in [-0.39, 0.29) is 12.8 Å². The molecule has 39 heavy (non-hydrogen) atoms. The second-order valence-corrected chi connectivity index (χ2v) is 10.6. The van der Waals surface area contributed by atoms with Gasteiger partial charge in [-0.25, -0.2) is 4.79 Å². The normalized spacial score (nSPS) is 14.3. The Hall–Kier alpha value is -3.58. The molecular formula is C26H37N5O7S. The van der Waals surface area contributed by atoms with E-state index in [4.69, 9.17) is 10.8 Å². The van der Waals surface area contributed by atoms with Gasteiger partial charge in [0, 0.05) is 29.9 Å². The van der Waals surface area contributed by atoms with Crippen LogP contribution in [0.4, 0.5) is 0 Å². The molecule has 0 radical (unpaired) electrons. The highest BCUT2D eigenvalue weighted by molar-refractivity contribution is 7.98. The highest BCUT2D eigenvalue weighted by atomic mass is 32.2. The lowest BCUT2D eigenvalue weighted by molar-refractivity contribution is -0.144. The molecule has 4 atom stereocenters. The molecule has 3 amide bonds. The van der Waals surface area contributed by atoms with E-state index >= 15 is 0 Å². The van der Waals surface area contributed by atoms with E-state index < -0.39 is 66.2 Å². The van der Waals surface area contributed by atoms with Crippen LogP contribution in [0.3, 0.4) is 0 Å². The molecule has 2 rings (SSSR count). The quantitative estimate of drug-likeness (QED) is 0.154. The molecule has 0 fully saturated rings. The van der Waals surface area contributed by atoms with E-state index in [1.54, 1.807) is 20.0 Å². The second kappa shape index (κ2) is 15.1. The summed E-state index contributed by atoms with van der Waals surface area (Å²) in [5.41, 5.74) is 7.58. The molecule has 0 aliphatic rings. The van der Waals surface area contributed by atoms with Gasteiger partial charge in [-0.15, -0.1) is 0 Å². The van der Waals surface area contributed by atoms with E-state index in [1.165, 1.54) is 11.8 Å². The third-order valence-electron chi connectivity index (χ3n) is 6.21. The zero-order chi connectivity index (χ0) is 29.1. The first-order chi connectivity index (χ1) is 18.4. The molecule has 1 heterocycles. The van der Waals surface area contributed by atoms with Gasteiger partial charge in [-0.3, -0.25) is 19.2 Å². The SMILES string of the molecule is CSCCC(N)C(=O)NC(Cc1c[nH]c2ccccc12)C(=O)NC(CCC(=O)O)C(=O)NC(C(=O)O)C(C)C. The lowest BCUT2D eigenvalue weighted by atomic mass is 10.0. The third kappa shape index (κ3) is 9.59. The number of amides is 3. The number of carbonyl (C=O) groups is 5. The molecule has 13 heteroatoms. The zero-order valence-corrected chi connectivity index (χ0v) is 23.0. The first kappa shape index (κ1) is 31.6. The number of hydrogen-bond donors (Lipinski definition) is 7. The van der Waals surface area contributed by atoms with Crippen molar-refractivity contribution in [2.24, 2.45) is 11.7 Å². The van der Waals surface area contributed by atoms with E-state index in [0.29, 0.717) is 12.2 Å². The smallest absolute Gasteiger partial charge is 0.326 e. The number of benzene rings is 1. The van der Waals surface area contributed by atoms with E-state index in [0.717, 1.165) is 16.5 Å². The van der Waals surface area contributed by atoms with Gasteiger partial charge in [-0.05, 0) is 42.4 Å². The van der Waals surface area contributed by atoms with Crippen molar-refractivity contribution < 1.29 is 34.2 Å². The number of carbonyl (C=O) groups excluding carboxylic acids is 3. The summed E-state index contributed by atoms with van der Waals surface area (Å²) in [6, 6.07) is 2.84. The van der Waals surface area contributed by atoms with Crippen LogP contribution in [0.2, 0.25) is 0 Å². The Morgan fingerprint density at radius 1 is 0.949 bits per heavy atom. The fraction of sp³-hybridized carbons (Fsp3) is 0.500. The van der Waals surface area contributed by atoms with Crippen molar-refractivity contribution in [3.05, 3.63) is 36.0 Å². The summed E-state index contributed by atoms with van der Waals surface area (Å²) in [6.07, 6.45) is 3.33. The van der Waals surface area contributed by atoms with Gasteiger partial charge in [0.15, 0.2) is 0 Å². The highest BCUT2D eigenvalue weighted by Crippen LogP contribution is 2.19. The number of thioether (sulfide) groups is 1. The van der Waals surface area contributed by atoms with Crippen LogP contribution in [0.15, 0.2) is 30.5 Å². The van der Waals surface area contributed by atoms with Crippen LogP contribution in [0, 0.1) is 5.92 Å². The number of carboxylic acids is 2. The first-order valence-electron chi connectivity index (χ1n) is 12.6. The molecule has 0 aliphatic heterocycles. The van der Waals surface area contributed by atoms with Gasteiger partial charge in [0.05, 0.1) is 6.04 Å². The van der Waals surface area contributed by atoms with Gasteiger partial charge in [-0.2, -0.15) is 11.8 Å². The van der Waals surface area contributed by atoms with Gasteiger partial charge in [-0.1, -0.05) is 32.0 Å². The zero-order valence-electron chi connectivity index (χ0n) is 22.2. The molecule has 0 saturated heterocycles. The number of para-hydroxylation sites is 1. The van der Waals surface area contributed by atoms with Crippen LogP contribution in [0.1, 0.15) is 38.7 Å². The highest BCUT2D eigenvalue weighted by Gasteiger charge is 2.32. The monoisotopic (exact) mass is 563 g/mol. The summed E-state index contributed by atoms with van der Waals surface area (Å²) in [5, 5.41) is 27.0. The van der Waals surface area contributed by atoms with Crippen molar-refractivity contribution in [2.45, 2.75) is 63.7 Å². The largest absolute Gasteiger partial charge is 0.481 e. The number of fused-ring (bicyclic) bond motifs is 1. The lowest BCUT2D eigenvalue weighted by Gasteiger charge is -2.26. The molecule has 2 aromatic rings. The minimum absolute atomic E-state index is 0.0633. The summed E-state index contributed by atoms with van der Waals surface area (Å²) in [6.45, 7) is 3.22. The summed E-state index contributed by atoms with van der Waals surface area (Å²) < 4.78 is 0. The number of aliphatic carboxylic acids is 2. The minimum atomic E-state index is -1.35. The summed E-state index contributed by atoms with van der Waals surface area (Å²) in [4.78, 5) is 65.2. The topological polar surface area (TPSA) is 204 Å². The maximum absolute atomic E-state index is 13.5. The molecule has 0 bridgehead atoms. The Balaban J connectivity index is 2.31. The van der Waals surface area contributed by atoms with Crippen LogP contribution < -0.4 is 21.7 Å². The van der Waals surface area contributed by atoms with Crippen molar-refractivity contribution >= 4 is 52.3 Å². The molecule has 0 aliphatic carbocycles. The van der Waals surface area contributed by atoms with Crippen LogP contribution in [0.25, 0.3) is 10.9 Å². The van der Waals surface area contributed by atoms with Crippen LogP contribution in [-0.2, 0) is 30.4 Å². The van der Waals surface area contributed by atoms with Gasteiger partial charge in [0.1, 0.15) is 18.1 Å². The predicted molar refractivity (Wildman–Crippen MR) is 148 cm³/mol. The minimum Gasteiger partial charge on any atom is -0.481 e. The van der Waals surface area contributed by atoms with Crippen molar-refractivity contribution in [1.82, 2.24) is 20.9 Å². The van der Waals surface area contributed by atoms with Crippen molar-refractivity contribution in [3.63, 3.8) is 0 Å². The molecular weight excluding hydrogens is 526 g/mol. The fourth-order valence-electron chi connectivity index (χ4n) is 3.96. The Morgan fingerprint density at radius 3 is 2.21 bits per heavy atom. The standard InChI is InChI=1S/C26H37N5O7S/c1-14(2)22(26(37)38)31-24(35)19(8-9-21(32)33)29-25(36)20(30-23(34)17(27)10-11-39-3)12-15-13-28-18-7-5-4-6-16(15)18/h4-7,13-14,17,19-20,22,28H,8-12,27H2,1-3H3,(H,29,36)(H,30,34)(H,31,35)(H,32,33)(H,37,38). The maximum Gasteiger partial charge on any atom is 0.326 e. The van der Waals surface area contributed by atoms with Gasteiger partial charge >= 0.3 is 11.9 Å². The molecule has 214 valence electrons. The van der Waals surface area contributed by atoms with Gasteiger partial charge < -0.3 is 36.9 Å². The molecule has 0 spiro atoms. The third-order valence-corrected chi connectivity index (χ3v) is 6.86. The average Bonchev–Trinajstić information content (AvgIpc) is 3.29. The number of rotatable bonds is 16. The number of H-pyrrole nitrogens is 1. The molecule has 1 aromatic heterocycles. The lowest BCUT2D eigenvalue weighted by Crippen LogP contribution is -2.58. The number of hydrogen-bond acceptors (Lipinski definition) is 7. The number of nitrogens with two attached hydrogens (primary N) is 1. The summed E-state index contributed by atoms with van der Waals surface area (Å²) in [5.74, 6) is -4.37. The molecule has 1 aromatic carbocycles. The van der Waals surface area contributed by atoms with Crippen molar-refractivity contribution in [2.75, 3.05) is 12.0 Å². The molecule has 0 saturated carbocycles. The van der Waals surface area contributed by atoms with Crippen LogP contribution >= 0.6 is 11.8 Å². The Kier molecular flexibility index (Phi) is 12.3. The molecule has 4 unspecified atom stereocenters. The van der Waals surface area contributed by atoms with Crippen molar-refractivity contribution in [1.29, 1.82) is 0 Å². The van der Waals surface area contributed by atoms with Crippen LogP contribution in [0.5, 0.6) is 0 Å². The summed E-state index contributed by atoms with van der Waals surface area (Å²) in [7, 11) is 0. The number of aromatic nitrogens is 1. The van der Waals surface area contributed by atoms with E-state index in [2.05, 4.69) is 20.9 Å². The van der Waals surface area contributed by atoms with Crippen molar-refractivity contribution in [3.8, 4) is 0 Å². The summed E-state index contributed by atoms with van der Waals surface area (Å²) >= 11 is 1.53.